The number of hydrogen-bond donors (Lipinski definition) is 2. The minimum Gasteiger partial charge on any atom is -0.444 e. The molecular weight excluding hydrogens is 514 g/mol. The maximum Gasteiger partial charge on any atom is 0.408 e. The molecule has 2 N–H and O–H groups in total. The van der Waals surface area contributed by atoms with Crippen LogP contribution in [-0.4, -0.2) is 40.0 Å². The van der Waals surface area contributed by atoms with Gasteiger partial charge in [0.2, 0.25) is 5.91 Å². The molecule has 0 aliphatic carbocycles. The Morgan fingerprint density at radius 1 is 1.00 bits per heavy atom. The van der Waals surface area contributed by atoms with Crippen molar-refractivity contribution in [1.82, 2.24) is 10.2 Å². The summed E-state index contributed by atoms with van der Waals surface area (Å²) in [5.41, 5.74) is 2.59. The SMILES string of the molecule is C=Cc1cccc(C(C(=O)Nc2c(C)cccc2C)N(C(=O)C(CC(C)C)NC(=O)OC(C)(C)C)C(C)(C)CC)c1. The summed E-state index contributed by atoms with van der Waals surface area (Å²) in [6.45, 7) is 23.0. The Morgan fingerprint density at radius 2 is 1.59 bits per heavy atom. The molecule has 0 saturated heterocycles. The topological polar surface area (TPSA) is 87.7 Å². The molecule has 0 spiro atoms. The lowest BCUT2D eigenvalue weighted by Crippen LogP contribution is -2.59. The van der Waals surface area contributed by atoms with Crippen LogP contribution in [-0.2, 0) is 14.3 Å². The van der Waals surface area contributed by atoms with Gasteiger partial charge >= 0.3 is 6.09 Å². The normalized spacial score (nSPS) is 13.2. The van der Waals surface area contributed by atoms with Crippen molar-refractivity contribution in [3.05, 3.63) is 71.3 Å². The molecule has 7 nitrogen and oxygen atoms in total. The molecule has 0 radical (unpaired) electrons. The van der Waals surface area contributed by atoms with E-state index in [-0.39, 0.29) is 17.7 Å². The fraction of sp³-hybridized carbons (Fsp3) is 0.500. The smallest absolute Gasteiger partial charge is 0.408 e. The minimum absolute atomic E-state index is 0.0939. The van der Waals surface area contributed by atoms with E-state index in [0.29, 0.717) is 18.4 Å². The van der Waals surface area contributed by atoms with Gasteiger partial charge in [-0.2, -0.15) is 0 Å². The number of amides is 3. The number of rotatable bonds is 11. The second kappa shape index (κ2) is 13.8. The number of para-hydroxylation sites is 1. The molecule has 41 heavy (non-hydrogen) atoms. The number of benzene rings is 2. The van der Waals surface area contributed by atoms with Crippen LogP contribution in [0.3, 0.4) is 0 Å². The van der Waals surface area contributed by atoms with E-state index < -0.39 is 29.3 Å². The highest BCUT2D eigenvalue weighted by Gasteiger charge is 2.43. The van der Waals surface area contributed by atoms with Gasteiger partial charge in [0.15, 0.2) is 0 Å². The lowest BCUT2D eigenvalue weighted by atomic mass is 9.90. The van der Waals surface area contributed by atoms with Crippen LogP contribution in [0.4, 0.5) is 10.5 Å². The summed E-state index contributed by atoms with van der Waals surface area (Å²) in [5, 5.41) is 5.94. The van der Waals surface area contributed by atoms with E-state index in [4.69, 9.17) is 4.74 Å². The Balaban J connectivity index is 2.72. The largest absolute Gasteiger partial charge is 0.444 e. The van der Waals surface area contributed by atoms with Crippen LogP contribution in [0.25, 0.3) is 6.08 Å². The Kier molecular flexibility index (Phi) is 11.3. The molecule has 2 atom stereocenters. The van der Waals surface area contributed by atoms with E-state index in [1.165, 1.54) is 0 Å². The molecule has 3 amide bonds. The van der Waals surface area contributed by atoms with Crippen LogP contribution in [0, 0.1) is 19.8 Å². The van der Waals surface area contributed by atoms with Gasteiger partial charge in [0.1, 0.15) is 17.7 Å². The number of nitrogens with zero attached hydrogens (tertiary/aromatic N) is 1. The predicted molar refractivity (Wildman–Crippen MR) is 168 cm³/mol. The van der Waals surface area contributed by atoms with Gasteiger partial charge in [0, 0.05) is 11.2 Å². The number of nitrogens with one attached hydrogen (secondary N) is 2. The summed E-state index contributed by atoms with van der Waals surface area (Å²) < 4.78 is 5.51. The van der Waals surface area contributed by atoms with Gasteiger partial charge in [0.25, 0.3) is 5.91 Å². The molecule has 0 bridgehead atoms. The summed E-state index contributed by atoms with van der Waals surface area (Å²) in [4.78, 5) is 43.5. The number of ether oxygens (including phenoxy) is 1. The Hall–Kier alpha value is -3.61. The van der Waals surface area contributed by atoms with E-state index in [1.54, 1.807) is 31.7 Å². The maximum absolute atomic E-state index is 14.6. The van der Waals surface area contributed by atoms with Crippen LogP contribution in [0.1, 0.15) is 96.5 Å². The number of carbonyl (C=O) groups is 3. The zero-order valence-electron chi connectivity index (χ0n) is 26.6. The van der Waals surface area contributed by atoms with Gasteiger partial charge in [-0.3, -0.25) is 9.59 Å². The van der Waals surface area contributed by atoms with Crippen molar-refractivity contribution in [3.8, 4) is 0 Å². The number of hydrogen-bond acceptors (Lipinski definition) is 4. The van der Waals surface area contributed by atoms with Crippen molar-refractivity contribution in [2.75, 3.05) is 5.32 Å². The lowest BCUT2D eigenvalue weighted by Gasteiger charge is -2.45. The molecule has 2 unspecified atom stereocenters. The Bertz CT molecular complexity index is 1220. The zero-order chi connectivity index (χ0) is 31.1. The minimum atomic E-state index is -0.980. The quantitative estimate of drug-likeness (QED) is 0.295. The molecule has 0 aliphatic rings. The maximum atomic E-state index is 14.6. The summed E-state index contributed by atoms with van der Waals surface area (Å²) in [5.74, 6) is -0.586. The number of aryl methyl sites for hydroxylation is 2. The van der Waals surface area contributed by atoms with E-state index in [9.17, 15) is 14.4 Å². The van der Waals surface area contributed by atoms with Crippen LogP contribution in [0.2, 0.25) is 0 Å². The van der Waals surface area contributed by atoms with Crippen LogP contribution in [0.15, 0.2) is 49.0 Å². The average Bonchev–Trinajstić information content (AvgIpc) is 2.87. The predicted octanol–water partition coefficient (Wildman–Crippen LogP) is 7.58. The third kappa shape index (κ3) is 9.20. The van der Waals surface area contributed by atoms with Crippen molar-refractivity contribution in [3.63, 3.8) is 0 Å². The van der Waals surface area contributed by atoms with E-state index in [0.717, 1.165) is 22.4 Å². The third-order valence-corrected chi connectivity index (χ3v) is 7.15. The molecule has 2 aromatic rings. The van der Waals surface area contributed by atoms with Crippen LogP contribution in [0.5, 0.6) is 0 Å². The first-order valence-electron chi connectivity index (χ1n) is 14.4. The number of alkyl carbamates (subject to hydrolysis) is 1. The molecule has 0 fully saturated rings. The fourth-order valence-electron chi connectivity index (χ4n) is 4.73. The number of anilines is 1. The highest BCUT2D eigenvalue weighted by atomic mass is 16.6. The highest BCUT2D eigenvalue weighted by molar-refractivity contribution is 6.00. The fourth-order valence-corrected chi connectivity index (χ4v) is 4.73. The van der Waals surface area contributed by atoms with Crippen molar-refractivity contribution >= 4 is 29.7 Å². The van der Waals surface area contributed by atoms with E-state index in [2.05, 4.69) is 17.2 Å². The third-order valence-electron chi connectivity index (χ3n) is 7.15. The molecule has 224 valence electrons. The first-order chi connectivity index (χ1) is 19.0. The highest BCUT2D eigenvalue weighted by Crippen LogP contribution is 2.34. The van der Waals surface area contributed by atoms with Crippen LogP contribution < -0.4 is 10.6 Å². The van der Waals surface area contributed by atoms with Gasteiger partial charge < -0.3 is 20.3 Å². The summed E-state index contributed by atoms with van der Waals surface area (Å²) >= 11 is 0. The van der Waals surface area contributed by atoms with E-state index >= 15 is 0 Å². The Morgan fingerprint density at radius 3 is 2.10 bits per heavy atom. The molecule has 0 saturated carbocycles. The summed E-state index contributed by atoms with van der Waals surface area (Å²) in [6.07, 6.45) is 2.00. The molecule has 2 rings (SSSR count). The molecule has 0 aliphatic heterocycles. The first-order valence-corrected chi connectivity index (χ1v) is 14.4. The summed E-state index contributed by atoms with van der Waals surface area (Å²) in [6, 6.07) is 11.5. The molecule has 7 heteroatoms. The monoisotopic (exact) mass is 563 g/mol. The van der Waals surface area contributed by atoms with Gasteiger partial charge in [-0.25, -0.2) is 4.79 Å². The van der Waals surface area contributed by atoms with Crippen molar-refractivity contribution in [2.45, 2.75) is 105 Å². The first kappa shape index (κ1) is 33.6. The van der Waals surface area contributed by atoms with Gasteiger partial charge in [-0.05, 0) is 95.5 Å². The van der Waals surface area contributed by atoms with Gasteiger partial charge in [-0.15, -0.1) is 0 Å². The average molecular weight is 564 g/mol. The van der Waals surface area contributed by atoms with Crippen molar-refractivity contribution in [2.24, 2.45) is 5.92 Å². The summed E-state index contributed by atoms with van der Waals surface area (Å²) in [7, 11) is 0. The molecule has 0 heterocycles. The second-order valence-corrected chi connectivity index (χ2v) is 12.7. The molecular formula is C34H49N3O4. The van der Waals surface area contributed by atoms with E-state index in [1.807, 2.05) is 90.9 Å². The van der Waals surface area contributed by atoms with Gasteiger partial charge in [0.05, 0.1) is 0 Å². The molecule has 2 aromatic carbocycles. The Labute approximate surface area is 246 Å². The van der Waals surface area contributed by atoms with Crippen molar-refractivity contribution < 1.29 is 19.1 Å². The van der Waals surface area contributed by atoms with Gasteiger partial charge in [-0.1, -0.05) is 69.8 Å². The van der Waals surface area contributed by atoms with Crippen LogP contribution >= 0.6 is 0 Å². The molecule has 0 aromatic heterocycles. The number of carbonyl (C=O) groups excluding carboxylic acids is 3. The standard InChI is InChI=1S/C34H49N3O4/c1-12-25-18-15-19-26(21-25)29(30(38)36-28-23(5)16-14-17-24(28)6)37(34(10,11)13-2)31(39)27(20-22(3)4)35-32(40)41-33(7,8)9/h12,14-19,21-22,27,29H,1,13,20H2,2-11H3,(H,35,40)(H,36,38). The zero-order valence-corrected chi connectivity index (χ0v) is 26.6. The lowest BCUT2D eigenvalue weighted by molar-refractivity contribution is -0.148. The second-order valence-electron chi connectivity index (χ2n) is 12.7. The van der Waals surface area contributed by atoms with Crippen molar-refractivity contribution in [1.29, 1.82) is 0 Å².